The van der Waals surface area contributed by atoms with Crippen molar-refractivity contribution in [2.75, 3.05) is 6.61 Å². The summed E-state index contributed by atoms with van der Waals surface area (Å²) in [7, 11) is 0. The van der Waals surface area contributed by atoms with Crippen molar-refractivity contribution in [3.05, 3.63) is 35.4 Å². The molecule has 0 bridgehead atoms. The molecule has 1 aromatic rings. The Bertz CT molecular complexity index is 434. The van der Waals surface area contributed by atoms with Gasteiger partial charge >= 0.3 is 0 Å². The molecule has 0 spiro atoms. The number of carbonyl (C=O) groups is 2. The lowest BCUT2D eigenvalue weighted by molar-refractivity contribution is 0.0516. The number of rotatable bonds is 3. The number of benzene rings is 1. The van der Waals surface area contributed by atoms with Crippen LogP contribution in [0.15, 0.2) is 24.3 Å². The zero-order valence-electron chi connectivity index (χ0n) is 9.88. The van der Waals surface area contributed by atoms with E-state index in [0.717, 1.165) is 0 Å². The topological polar surface area (TPSA) is 57.6 Å². The molecule has 1 heterocycles. The Hall–Kier alpha value is -1.68. The quantitative estimate of drug-likeness (QED) is 0.800. The van der Waals surface area contributed by atoms with Crippen molar-refractivity contribution >= 4 is 11.8 Å². The molecule has 0 aromatic heterocycles. The van der Waals surface area contributed by atoms with Crippen molar-refractivity contribution in [3.63, 3.8) is 0 Å². The zero-order valence-corrected chi connectivity index (χ0v) is 9.88. The number of nitrogens with zero attached hydrogens (tertiary/aromatic N) is 1. The fourth-order valence-corrected chi connectivity index (χ4v) is 1.98. The molecule has 0 fully saturated rings. The molecular weight excluding hydrogens is 218 g/mol. The average molecular weight is 233 g/mol. The van der Waals surface area contributed by atoms with Crippen LogP contribution in [0.3, 0.4) is 0 Å². The lowest BCUT2D eigenvalue weighted by atomic mass is 10.0. The van der Waals surface area contributed by atoms with Gasteiger partial charge in [0.25, 0.3) is 11.8 Å². The van der Waals surface area contributed by atoms with E-state index < -0.39 is 0 Å². The van der Waals surface area contributed by atoms with E-state index in [9.17, 15) is 9.59 Å². The van der Waals surface area contributed by atoms with Crippen molar-refractivity contribution in [1.82, 2.24) is 4.90 Å². The van der Waals surface area contributed by atoms with Crippen LogP contribution in [0.4, 0.5) is 0 Å². The molecule has 90 valence electrons. The first-order chi connectivity index (χ1) is 8.07. The Labute approximate surface area is 99.9 Å². The van der Waals surface area contributed by atoms with Crippen molar-refractivity contribution in [1.29, 1.82) is 0 Å². The Morgan fingerprint density at radius 2 is 1.59 bits per heavy atom. The van der Waals surface area contributed by atoms with E-state index in [0.29, 0.717) is 11.1 Å². The number of aliphatic hydroxyl groups excluding tert-OH is 1. The highest BCUT2D eigenvalue weighted by atomic mass is 16.3. The fraction of sp³-hybridized carbons (Fsp3) is 0.385. The summed E-state index contributed by atoms with van der Waals surface area (Å²) in [6, 6.07) is 6.51. The molecule has 4 heteroatoms. The summed E-state index contributed by atoms with van der Waals surface area (Å²) >= 11 is 0. The SMILES string of the molecule is CC(CO)C(C)N1C(=O)c2ccccc2C1=O. The van der Waals surface area contributed by atoms with Gasteiger partial charge in [0.1, 0.15) is 0 Å². The first kappa shape index (κ1) is 11.8. The third-order valence-corrected chi connectivity index (χ3v) is 3.34. The second kappa shape index (κ2) is 4.30. The van der Waals surface area contributed by atoms with Gasteiger partial charge in [-0.15, -0.1) is 0 Å². The Balaban J connectivity index is 2.36. The van der Waals surface area contributed by atoms with Crippen LogP contribution in [0.25, 0.3) is 0 Å². The predicted octanol–water partition coefficient (Wildman–Crippen LogP) is 1.30. The average Bonchev–Trinajstić information content (AvgIpc) is 2.61. The van der Waals surface area contributed by atoms with Gasteiger partial charge in [-0.1, -0.05) is 19.1 Å². The van der Waals surface area contributed by atoms with Crippen LogP contribution in [0.2, 0.25) is 0 Å². The molecule has 0 aliphatic carbocycles. The van der Waals surface area contributed by atoms with Gasteiger partial charge in [0.05, 0.1) is 11.1 Å². The molecule has 2 unspecified atom stereocenters. The second-order valence-corrected chi connectivity index (χ2v) is 4.43. The molecule has 2 atom stereocenters. The van der Waals surface area contributed by atoms with Crippen LogP contribution in [-0.2, 0) is 0 Å². The van der Waals surface area contributed by atoms with Gasteiger partial charge in [-0.25, -0.2) is 0 Å². The normalized spacial score (nSPS) is 18.2. The van der Waals surface area contributed by atoms with Crippen LogP contribution in [0, 0.1) is 5.92 Å². The molecule has 1 aromatic carbocycles. The van der Waals surface area contributed by atoms with Gasteiger partial charge in [0.15, 0.2) is 0 Å². The molecule has 2 amide bonds. The van der Waals surface area contributed by atoms with Crippen LogP contribution in [-0.4, -0.2) is 34.5 Å². The van der Waals surface area contributed by atoms with Crippen LogP contribution in [0.1, 0.15) is 34.6 Å². The number of amides is 2. The van der Waals surface area contributed by atoms with Crippen molar-refractivity contribution in [2.45, 2.75) is 19.9 Å². The van der Waals surface area contributed by atoms with Crippen LogP contribution >= 0.6 is 0 Å². The number of fused-ring (bicyclic) bond motifs is 1. The number of hydrogen-bond donors (Lipinski definition) is 1. The molecule has 1 aliphatic heterocycles. The summed E-state index contributed by atoms with van der Waals surface area (Å²) in [5, 5.41) is 9.11. The minimum absolute atomic E-state index is 0.0471. The van der Waals surface area contributed by atoms with Crippen molar-refractivity contribution < 1.29 is 14.7 Å². The van der Waals surface area contributed by atoms with E-state index in [-0.39, 0.29) is 30.4 Å². The minimum atomic E-state index is -0.299. The second-order valence-electron chi connectivity index (χ2n) is 4.43. The molecule has 1 aliphatic rings. The van der Waals surface area contributed by atoms with E-state index in [2.05, 4.69) is 0 Å². The lowest BCUT2D eigenvalue weighted by Crippen LogP contribution is -2.42. The van der Waals surface area contributed by atoms with E-state index in [1.807, 2.05) is 6.92 Å². The highest BCUT2D eigenvalue weighted by Crippen LogP contribution is 2.26. The first-order valence-electron chi connectivity index (χ1n) is 5.65. The van der Waals surface area contributed by atoms with Gasteiger partial charge < -0.3 is 5.11 Å². The van der Waals surface area contributed by atoms with Crippen molar-refractivity contribution in [3.8, 4) is 0 Å². The predicted molar refractivity (Wildman–Crippen MR) is 62.7 cm³/mol. The molecule has 4 nitrogen and oxygen atoms in total. The van der Waals surface area contributed by atoms with Gasteiger partial charge in [-0.2, -0.15) is 0 Å². The highest BCUT2D eigenvalue weighted by molar-refractivity contribution is 6.21. The fourth-order valence-electron chi connectivity index (χ4n) is 1.98. The maximum atomic E-state index is 12.1. The smallest absolute Gasteiger partial charge is 0.261 e. The Kier molecular flexibility index (Phi) is 2.98. The molecule has 17 heavy (non-hydrogen) atoms. The molecule has 0 saturated carbocycles. The molecule has 0 saturated heterocycles. The molecule has 1 N–H and O–H groups in total. The molecular formula is C13H15NO3. The largest absolute Gasteiger partial charge is 0.396 e. The summed E-state index contributed by atoms with van der Waals surface area (Å²) in [5.41, 5.74) is 0.906. The van der Waals surface area contributed by atoms with E-state index in [1.54, 1.807) is 31.2 Å². The Morgan fingerprint density at radius 1 is 1.12 bits per heavy atom. The lowest BCUT2D eigenvalue weighted by Gasteiger charge is -2.26. The maximum absolute atomic E-state index is 12.1. The summed E-state index contributed by atoms with van der Waals surface area (Å²) < 4.78 is 0. The van der Waals surface area contributed by atoms with Crippen LogP contribution < -0.4 is 0 Å². The highest BCUT2D eigenvalue weighted by Gasteiger charge is 2.39. The summed E-state index contributed by atoms with van der Waals surface area (Å²) in [5.74, 6) is -0.658. The summed E-state index contributed by atoms with van der Waals surface area (Å²) in [4.78, 5) is 25.4. The summed E-state index contributed by atoms with van der Waals surface area (Å²) in [6.45, 7) is 3.55. The first-order valence-corrected chi connectivity index (χ1v) is 5.65. The third-order valence-electron chi connectivity index (χ3n) is 3.34. The number of carbonyl (C=O) groups excluding carboxylic acids is 2. The van der Waals surface area contributed by atoms with Gasteiger partial charge in [-0.3, -0.25) is 14.5 Å². The van der Waals surface area contributed by atoms with Crippen LogP contribution in [0.5, 0.6) is 0 Å². The van der Waals surface area contributed by atoms with E-state index in [1.165, 1.54) is 4.90 Å². The minimum Gasteiger partial charge on any atom is -0.396 e. The van der Waals surface area contributed by atoms with Crippen molar-refractivity contribution in [2.24, 2.45) is 5.92 Å². The molecule has 0 radical (unpaired) electrons. The Morgan fingerprint density at radius 3 is 2.00 bits per heavy atom. The van der Waals surface area contributed by atoms with E-state index >= 15 is 0 Å². The number of imide groups is 1. The number of aliphatic hydroxyl groups is 1. The zero-order chi connectivity index (χ0) is 12.6. The van der Waals surface area contributed by atoms with Gasteiger partial charge in [-0.05, 0) is 25.0 Å². The number of hydrogen-bond acceptors (Lipinski definition) is 3. The maximum Gasteiger partial charge on any atom is 0.261 e. The van der Waals surface area contributed by atoms with Gasteiger partial charge in [0, 0.05) is 12.6 Å². The van der Waals surface area contributed by atoms with E-state index in [4.69, 9.17) is 5.11 Å². The monoisotopic (exact) mass is 233 g/mol. The third kappa shape index (κ3) is 1.74. The summed E-state index contributed by atoms with van der Waals surface area (Å²) in [6.07, 6.45) is 0. The van der Waals surface area contributed by atoms with Gasteiger partial charge in [0.2, 0.25) is 0 Å². The molecule has 2 rings (SSSR count). The standard InChI is InChI=1S/C13H15NO3/c1-8(7-15)9(2)14-12(16)10-5-3-4-6-11(10)13(14)17/h3-6,8-9,15H,7H2,1-2H3.